The van der Waals surface area contributed by atoms with Crippen LogP contribution in [0.4, 0.5) is 0 Å². The Hall–Kier alpha value is -1.94. The van der Waals surface area contributed by atoms with Crippen LogP contribution in [0.3, 0.4) is 0 Å². The van der Waals surface area contributed by atoms with Gasteiger partial charge in [0.15, 0.2) is 5.76 Å². The van der Waals surface area contributed by atoms with E-state index < -0.39 is 15.4 Å². The highest BCUT2D eigenvalue weighted by Gasteiger charge is 2.37. The quantitative estimate of drug-likeness (QED) is 0.690. The maximum atomic E-state index is 13.2. The number of amides is 2. The lowest BCUT2D eigenvalue weighted by atomic mass is 9.90. The van der Waals surface area contributed by atoms with E-state index in [4.69, 9.17) is 4.52 Å². The summed E-state index contributed by atoms with van der Waals surface area (Å²) >= 11 is 0. The Labute approximate surface area is 184 Å². The fraction of sp³-hybridized carbons (Fsp3) is 0.762. The van der Waals surface area contributed by atoms with Crippen molar-refractivity contribution in [1.29, 1.82) is 0 Å². The summed E-state index contributed by atoms with van der Waals surface area (Å²) in [6.45, 7) is 11.4. The van der Waals surface area contributed by atoms with Crippen LogP contribution < -0.4 is 0 Å². The molecular weight excluding hydrogens is 420 g/mol. The van der Waals surface area contributed by atoms with Gasteiger partial charge in [0.2, 0.25) is 21.8 Å². The zero-order valence-electron chi connectivity index (χ0n) is 19.2. The molecule has 1 atom stereocenters. The maximum Gasteiger partial charge on any atom is 0.248 e. The van der Waals surface area contributed by atoms with Gasteiger partial charge >= 0.3 is 0 Å². The Morgan fingerprint density at radius 2 is 1.68 bits per heavy atom. The van der Waals surface area contributed by atoms with E-state index in [2.05, 4.69) is 5.16 Å². The molecule has 9 nitrogen and oxygen atoms in total. The normalized spacial score (nSPS) is 21.8. The predicted molar refractivity (Wildman–Crippen MR) is 115 cm³/mol. The van der Waals surface area contributed by atoms with Crippen LogP contribution >= 0.6 is 0 Å². The molecule has 0 radical (unpaired) electrons. The standard InChI is InChI=1S/C21H34N4O5S/c1-15-18(16(2)30-22-15)31(28,29)25-11-7-10-23(12-13-25)19(26)17-8-6-9-24(14-17)20(27)21(3,4)5/h17H,6-14H2,1-5H3. The molecule has 3 heterocycles. The third kappa shape index (κ3) is 4.95. The van der Waals surface area contributed by atoms with E-state index in [1.807, 2.05) is 20.8 Å². The SMILES string of the molecule is Cc1noc(C)c1S(=O)(=O)N1CCCN(C(=O)C2CCCN(C(=O)C(C)(C)C)C2)CC1. The maximum absolute atomic E-state index is 13.2. The van der Waals surface area contributed by atoms with Gasteiger partial charge in [-0.2, -0.15) is 4.31 Å². The molecule has 0 saturated carbocycles. The van der Waals surface area contributed by atoms with Gasteiger partial charge in [0.05, 0.1) is 5.92 Å². The molecule has 2 aliphatic heterocycles. The summed E-state index contributed by atoms with van der Waals surface area (Å²) in [6, 6.07) is 0. The van der Waals surface area contributed by atoms with Crippen LogP contribution in [-0.2, 0) is 19.6 Å². The molecule has 0 bridgehead atoms. The van der Waals surface area contributed by atoms with Gasteiger partial charge in [0.25, 0.3) is 0 Å². The van der Waals surface area contributed by atoms with Crippen LogP contribution in [0.15, 0.2) is 9.42 Å². The largest absolute Gasteiger partial charge is 0.360 e. The Morgan fingerprint density at radius 1 is 1.00 bits per heavy atom. The molecule has 1 aromatic heterocycles. The van der Waals surface area contributed by atoms with Crippen molar-refractivity contribution in [3.8, 4) is 0 Å². The fourth-order valence-corrected chi connectivity index (χ4v) is 6.18. The third-order valence-corrected chi connectivity index (χ3v) is 8.18. The number of hydrogen-bond donors (Lipinski definition) is 0. The molecule has 0 aliphatic carbocycles. The molecule has 2 saturated heterocycles. The number of aromatic nitrogens is 1. The van der Waals surface area contributed by atoms with Crippen LogP contribution in [0.5, 0.6) is 0 Å². The lowest BCUT2D eigenvalue weighted by Crippen LogP contribution is -2.50. The molecule has 1 aromatic rings. The predicted octanol–water partition coefficient (Wildman–Crippen LogP) is 1.80. The number of hydrogen-bond acceptors (Lipinski definition) is 6. The summed E-state index contributed by atoms with van der Waals surface area (Å²) < 4.78 is 32.7. The van der Waals surface area contributed by atoms with Crippen LogP contribution in [0.1, 0.15) is 51.5 Å². The van der Waals surface area contributed by atoms with Gasteiger partial charge in [-0.1, -0.05) is 25.9 Å². The number of sulfonamides is 1. The number of likely N-dealkylation sites (tertiary alicyclic amines) is 1. The van der Waals surface area contributed by atoms with Gasteiger partial charge < -0.3 is 14.3 Å². The molecule has 0 aromatic carbocycles. The van der Waals surface area contributed by atoms with E-state index in [9.17, 15) is 18.0 Å². The topological polar surface area (TPSA) is 104 Å². The Morgan fingerprint density at radius 3 is 2.29 bits per heavy atom. The van der Waals surface area contributed by atoms with Crippen molar-refractivity contribution in [1.82, 2.24) is 19.3 Å². The first-order valence-electron chi connectivity index (χ1n) is 10.9. The van der Waals surface area contributed by atoms with E-state index >= 15 is 0 Å². The van der Waals surface area contributed by atoms with Gasteiger partial charge in [-0.15, -0.1) is 0 Å². The zero-order valence-corrected chi connectivity index (χ0v) is 20.0. The first-order valence-corrected chi connectivity index (χ1v) is 12.4. The molecule has 0 spiro atoms. The minimum absolute atomic E-state index is 0.0167. The van der Waals surface area contributed by atoms with Crippen LogP contribution in [0, 0.1) is 25.2 Å². The average Bonchev–Trinajstić information content (AvgIpc) is 2.91. The number of carbonyl (C=O) groups is 2. The molecule has 1 unspecified atom stereocenters. The number of nitrogens with zero attached hydrogens (tertiary/aromatic N) is 4. The minimum Gasteiger partial charge on any atom is -0.360 e. The number of carbonyl (C=O) groups excluding carboxylic acids is 2. The third-order valence-electron chi connectivity index (χ3n) is 6.03. The second-order valence-corrected chi connectivity index (χ2v) is 11.5. The monoisotopic (exact) mass is 454 g/mol. The smallest absolute Gasteiger partial charge is 0.248 e. The molecule has 0 N–H and O–H groups in total. The van der Waals surface area contributed by atoms with Gasteiger partial charge in [0.1, 0.15) is 10.6 Å². The lowest BCUT2D eigenvalue weighted by molar-refractivity contribution is -0.145. The van der Waals surface area contributed by atoms with E-state index in [-0.39, 0.29) is 34.9 Å². The lowest BCUT2D eigenvalue weighted by Gasteiger charge is -2.37. The van der Waals surface area contributed by atoms with Crippen LogP contribution in [0.2, 0.25) is 0 Å². The van der Waals surface area contributed by atoms with Crippen molar-refractivity contribution in [2.75, 3.05) is 39.3 Å². The molecule has 31 heavy (non-hydrogen) atoms. The fourth-order valence-electron chi connectivity index (χ4n) is 4.42. The molecular formula is C21H34N4O5S. The van der Waals surface area contributed by atoms with Gasteiger partial charge in [-0.05, 0) is 33.1 Å². The zero-order chi connectivity index (χ0) is 23.0. The van der Waals surface area contributed by atoms with E-state index in [1.54, 1.807) is 23.6 Å². The number of aryl methyl sites for hydroxylation is 2. The van der Waals surface area contributed by atoms with Crippen molar-refractivity contribution in [3.05, 3.63) is 11.5 Å². The van der Waals surface area contributed by atoms with Crippen molar-refractivity contribution in [3.63, 3.8) is 0 Å². The Balaban J connectivity index is 1.67. The molecule has 10 heteroatoms. The highest BCUT2D eigenvalue weighted by Crippen LogP contribution is 2.27. The average molecular weight is 455 g/mol. The molecule has 3 rings (SSSR count). The van der Waals surface area contributed by atoms with Crippen molar-refractivity contribution in [2.24, 2.45) is 11.3 Å². The van der Waals surface area contributed by atoms with Gasteiger partial charge in [-0.3, -0.25) is 9.59 Å². The molecule has 2 amide bonds. The molecule has 2 aliphatic rings. The summed E-state index contributed by atoms with van der Waals surface area (Å²) in [4.78, 5) is 29.6. The minimum atomic E-state index is -3.73. The van der Waals surface area contributed by atoms with Gasteiger partial charge in [-0.25, -0.2) is 8.42 Å². The van der Waals surface area contributed by atoms with Crippen LogP contribution in [0.25, 0.3) is 0 Å². The number of piperidine rings is 1. The first-order chi connectivity index (χ1) is 14.4. The Kier molecular flexibility index (Phi) is 6.81. The molecule has 2 fully saturated rings. The Bertz CT molecular complexity index is 915. The molecule has 174 valence electrons. The summed E-state index contributed by atoms with van der Waals surface area (Å²) in [5.41, 5.74) is -0.124. The van der Waals surface area contributed by atoms with Crippen molar-refractivity contribution >= 4 is 21.8 Å². The number of rotatable bonds is 3. The highest BCUT2D eigenvalue weighted by molar-refractivity contribution is 7.89. The second-order valence-electron chi connectivity index (χ2n) is 9.58. The van der Waals surface area contributed by atoms with Crippen LogP contribution in [-0.4, -0.2) is 78.8 Å². The summed E-state index contributed by atoms with van der Waals surface area (Å²) in [6.07, 6.45) is 2.12. The van der Waals surface area contributed by atoms with E-state index in [0.717, 1.165) is 12.8 Å². The summed E-state index contributed by atoms with van der Waals surface area (Å²) in [5.74, 6) is 0.131. The summed E-state index contributed by atoms with van der Waals surface area (Å²) in [5, 5.41) is 3.77. The van der Waals surface area contributed by atoms with Crippen molar-refractivity contribution in [2.45, 2.75) is 58.8 Å². The first kappa shape index (κ1) is 23.7. The highest BCUT2D eigenvalue weighted by atomic mass is 32.2. The van der Waals surface area contributed by atoms with E-state index in [1.165, 1.54) is 4.31 Å². The second kappa shape index (κ2) is 8.90. The van der Waals surface area contributed by atoms with E-state index in [0.29, 0.717) is 44.8 Å². The summed E-state index contributed by atoms with van der Waals surface area (Å²) in [7, 11) is -3.73. The van der Waals surface area contributed by atoms with Gasteiger partial charge in [0, 0.05) is 44.7 Å². The van der Waals surface area contributed by atoms with Crippen molar-refractivity contribution < 1.29 is 22.5 Å².